The number of carboxylic acid groups (broad SMARTS) is 1. The SMILES string of the molecule is O=C(O)Nc1ccnc(NC(=O)C2CC2)c1. The fourth-order valence-electron chi connectivity index (χ4n) is 1.27. The van der Waals surface area contributed by atoms with Gasteiger partial charge in [0, 0.05) is 23.9 Å². The van der Waals surface area contributed by atoms with Crippen LogP contribution in [0.1, 0.15) is 12.8 Å². The summed E-state index contributed by atoms with van der Waals surface area (Å²) in [6, 6.07) is 3.00. The van der Waals surface area contributed by atoms with E-state index in [1.54, 1.807) is 0 Å². The first-order valence-electron chi connectivity index (χ1n) is 4.92. The first kappa shape index (κ1) is 10.4. The summed E-state index contributed by atoms with van der Waals surface area (Å²) in [5.41, 5.74) is 0.383. The average Bonchev–Trinajstić information content (AvgIpc) is 2.99. The molecule has 0 aromatic carbocycles. The van der Waals surface area contributed by atoms with Crippen LogP contribution in [0.25, 0.3) is 0 Å². The molecule has 0 radical (unpaired) electrons. The Hall–Kier alpha value is -2.11. The topological polar surface area (TPSA) is 91.3 Å². The molecule has 0 spiro atoms. The zero-order valence-corrected chi connectivity index (χ0v) is 8.43. The number of carbonyl (C=O) groups excluding carboxylic acids is 1. The predicted molar refractivity (Wildman–Crippen MR) is 57.2 cm³/mol. The van der Waals surface area contributed by atoms with Crippen molar-refractivity contribution in [1.29, 1.82) is 0 Å². The van der Waals surface area contributed by atoms with Gasteiger partial charge in [-0.25, -0.2) is 9.78 Å². The molecule has 0 atom stereocenters. The quantitative estimate of drug-likeness (QED) is 0.721. The van der Waals surface area contributed by atoms with Crippen molar-refractivity contribution >= 4 is 23.5 Å². The van der Waals surface area contributed by atoms with E-state index in [9.17, 15) is 9.59 Å². The second-order valence-electron chi connectivity index (χ2n) is 3.62. The molecule has 3 N–H and O–H groups in total. The highest BCUT2D eigenvalue weighted by Gasteiger charge is 2.29. The van der Waals surface area contributed by atoms with Gasteiger partial charge in [0.25, 0.3) is 0 Å². The molecule has 2 amide bonds. The zero-order valence-electron chi connectivity index (χ0n) is 8.43. The lowest BCUT2D eigenvalue weighted by molar-refractivity contribution is -0.117. The fourth-order valence-corrected chi connectivity index (χ4v) is 1.27. The lowest BCUT2D eigenvalue weighted by Crippen LogP contribution is -2.15. The molecule has 2 rings (SSSR count). The standard InChI is InChI=1S/C10H11N3O3/c14-9(6-1-2-6)13-8-5-7(3-4-11-8)12-10(15)16/h3-6H,1-2H2,(H,15,16)(H2,11,12,13,14). The van der Waals surface area contributed by atoms with Gasteiger partial charge in [0.15, 0.2) is 0 Å². The Morgan fingerprint density at radius 3 is 2.75 bits per heavy atom. The zero-order chi connectivity index (χ0) is 11.5. The number of carbonyl (C=O) groups is 2. The maximum absolute atomic E-state index is 11.4. The Morgan fingerprint density at radius 2 is 2.12 bits per heavy atom. The lowest BCUT2D eigenvalue weighted by atomic mass is 10.3. The molecule has 0 unspecified atom stereocenters. The van der Waals surface area contributed by atoms with Crippen LogP contribution >= 0.6 is 0 Å². The minimum atomic E-state index is -1.15. The number of rotatable bonds is 3. The van der Waals surface area contributed by atoms with Crippen molar-refractivity contribution in [3.05, 3.63) is 18.3 Å². The summed E-state index contributed by atoms with van der Waals surface area (Å²) in [7, 11) is 0. The molecule has 0 saturated heterocycles. The Labute approximate surface area is 91.7 Å². The van der Waals surface area contributed by atoms with Crippen molar-refractivity contribution in [2.24, 2.45) is 5.92 Å². The Kier molecular flexibility index (Phi) is 2.72. The van der Waals surface area contributed by atoms with Crippen molar-refractivity contribution in [2.75, 3.05) is 10.6 Å². The smallest absolute Gasteiger partial charge is 0.409 e. The number of nitrogens with one attached hydrogen (secondary N) is 2. The normalized spacial score (nSPS) is 14.2. The lowest BCUT2D eigenvalue weighted by Gasteiger charge is -2.05. The largest absolute Gasteiger partial charge is 0.465 e. The van der Waals surface area contributed by atoms with E-state index in [-0.39, 0.29) is 11.8 Å². The van der Waals surface area contributed by atoms with Crippen LogP contribution in [0.3, 0.4) is 0 Å². The van der Waals surface area contributed by atoms with Gasteiger partial charge in [-0.1, -0.05) is 0 Å². The molecule has 1 aromatic heterocycles. The Morgan fingerprint density at radius 1 is 1.38 bits per heavy atom. The van der Waals surface area contributed by atoms with Crippen LogP contribution in [0.2, 0.25) is 0 Å². The van der Waals surface area contributed by atoms with Crippen LogP contribution in [-0.4, -0.2) is 22.1 Å². The van der Waals surface area contributed by atoms with E-state index in [2.05, 4.69) is 15.6 Å². The van der Waals surface area contributed by atoms with Crippen LogP contribution < -0.4 is 10.6 Å². The summed E-state index contributed by atoms with van der Waals surface area (Å²) in [6.45, 7) is 0. The summed E-state index contributed by atoms with van der Waals surface area (Å²) in [5.74, 6) is 0.404. The van der Waals surface area contributed by atoms with Crippen molar-refractivity contribution in [3.63, 3.8) is 0 Å². The van der Waals surface area contributed by atoms with Crippen LogP contribution in [-0.2, 0) is 4.79 Å². The Bertz CT molecular complexity index is 429. The monoisotopic (exact) mass is 221 g/mol. The second-order valence-corrected chi connectivity index (χ2v) is 3.62. The summed E-state index contributed by atoms with van der Waals surface area (Å²) >= 11 is 0. The molecule has 1 saturated carbocycles. The number of hydrogen-bond donors (Lipinski definition) is 3. The van der Waals surface area contributed by atoms with Gasteiger partial charge in [-0.15, -0.1) is 0 Å². The van der Waals surface area contributed by atoms with E-state index in [4.69, 9.17) is 5.11 Å². The number of anilines is 2. The maximum atomic E-state index is 11.4. The van der Waals surface area contributed by atoms with Gasteiger partial charge < -0.3 is 10.4 Å². The molecule has 0 bridgehead atoms. The summed E-state index contributed by atoms with van der Waals surface area (Å²) < 4.78 is 0. The minimum absolute atomic E-state index is 0.0556. The third-order valence-electron chi connectivity index (χ3n) is 2.21. The van der Waals surface area contributed by atoms with Crippen molar-refractivity contribution in [1.82, 2.24) is 4.98 Å². The molecule has 1 aliphatic carbocycles. The van der Waals surface area contributed by atoms with Gasteiger partial charge in [0.1, 0.15) is 5.82 Å². The maximum Gasteiger partial charge on any atom is 0.409 e. The number of pyridine rings is 1. The van der Waals surface area contributed by atoms with Gasteiger partial charge >= 0.3 is 6.09 Å². The number of aromatic nitrogens is 1. The van der Waals surface area contributed by atoms with Crippen molar-refractivity contribution < 1.29 is 14.7 Å². The van der Waals surface area contributed by atoms with Crippen LogP contribution in [0, 0.1) is 5.92 Å². The predicted octanol–water partition coefficient (Wildman–Crippen LogP) is 1.52. The number of nitrogens with zero attached hydrogens (tertiary/aromatic N) is 1. The molecular formula is C10H11N3O3. The molecule has 1 fully saturated rings. The molecule has 6 nitrogen and oxygen atoms in total. The van der Waals surface area contributed by atoms with Crippen molar-refractivity contribution in [2.45, 2.75) is 12.8 Å². The molecule has 1 aromatic rings. The fraction of sp³-hybridized carbons (Fsp3) is 0.300. The number of amides is 2. The average molecular weight is 221 g/mol. The first-order valence-corrected chi connectivity index (χ1v) is 4.92. The van der Waals surface area contributed by atoms with E-state index < -0.39 is 6.09 Å². The van der Waals surface area contributed by atoms with E-state index >= 15 is 0 Å². The van der Waals surface area contributed by atoms with Crippen LogP contribution in [0.5, 0.6) is 0 Å². The Balaban J connectivity index is 2.03. The van der Waals surface area contributed by atoms with E-state index in [1.807, 2.05) is 0 Å². The van der Waals surface area contributed by atoms with Crippen LogP contribution in [0.15, 0.2) is 18.3 Å². The molecule has 16 heavy (non-hydrogen) atoms. The first-order chi connectivity index (χ1) is 7.65. The second kappa shape index (κ2) is 4.18. The van der Waals surface area contributed by atoms with E-state index in [0.29, 0.717) is 11.5 Å². The molecule has 1 aliphatic rings. The van der Waals surface area contributed by atoms with Crippen molar-refractivity contribution in [3.8, 4) is 0 Å². The molecular weight excluding hydrogens is 210 g/mol. The van der Waals surface area contributed by atoms with E-state index in [1.165, 1.54) is 18.3 Å². The third-order valence-corrected chi connectivity index (χ3v) is 2.21. The molecule has 0 aliphatic heterocycles. The minimum Gasteiger partial charge on any atom is -0.465 e. The highest BCUT2D eigenvalue weighted by molar-refractivity contribution is 5.94. The highest BCUT2D eigenvalue weighted by atomic mass is 16.4. The summed E-state index contributed by atoms with van der Waals surface area (Å²) in [6.07, 6.45) is 2.12. The third kappa shape index (κ3) is 2.69. The van der Waals surface area contributed by atoms with Gasteiger partial charge in [-0.2, -0.15) is 0 Å². The van der Waals surface area contributed by atoms with E-state index in [0.717, 1.165) is 12.8 Å². The van der Waals surface area contributed by atoms with Crippen LogP contribution in [0.4, 0.5) is 16.3 Å². The molecule has 6 heteroatoms. The molecule has 84 valence electrons. The molecule has 1 heterocycles. The summed E-state index contributed by atoms with van der Waals surface area (Å²) in [5, 5.41) is 13.3. The number of hydrogen-bond acceptors (Lipinski definition) is 3. The van der Waals surface area contributed by atoms with Gasteiger partial charge in [0.2, 0.25) is 5.91 Å². The van der Waals surface area contributed by atoms with Gasteiger partial charge in [-0.3, -0.25) is 10.1 Å². The highest BCUT2D eigenvalue weighted by Crippen LogP contribution is 2.30. The van der Waals surface area contributed by atoms with Gasteiger partial charge in [-0.05, 0) is 18.9 Å². The van der Waals surface area contributed by atoms with Gasteiger partial charge in [0.05, 0.1) is 0 Å². The summed E-state index contributed by atoms with van der Waals surface area (Å²) in [4.78, 5) is 25.8.